The molecule has 0 rings (SSSR count). The maximum Gasteiger partial charge on any atom is 0.323 e. The molecule has 6 nitrogen and oxygen atoms in total. The van der Waals surface area contributed by atoms with E-state index in [9.17, 15) is 18.0 Å². The van der Waals surface area contributed by atoms with Gasteiger partial charge in [0.15, 0.2) is 5.41 Å². The van der Waals surface area contributed by atoms with E-state index in [2.05, 4.69) is 0 Å². The zero-order chi connectivity index (χ0) is 15.8. The first-order chi connectivity index (χ1) is 9.23. The highest BCUT2D eigenvalue weighted by atomic mass is 32.2. The fraction of sp³-hybridized carbons (Fsp3) is 0.846. The maximum absolute atomic E-state index is 11.9. The summed E-state index contributed by atoms with van der Waals surface area (Å²) in [5.41, 5.74) is -1.58. The Morgan fingerprint density at radius 3 is 1.75 bits per heavy atom. The minimum atomic E-state index is -3.28. The van der Waals surface area contributed by atoms with E-state index in [4.69, 9.17) is 9.47 Å². The average molecular weight is 308 g/mol. The summed E-state index contributed by atoms with van der Waals surface area (Å²) in [7, 11) is -3.28. The normalized spacial score (nSPS) is 12.0. The summed E-state index contributed by atoms with van der Waals surface area (Å²) in [6.45, 7) is 6.61. The molecule has 0 radical (unpaired) electrons. The molecule has 0 aromatic rings. The first kappa shape index (κ1) is 18.9. The number of rotatable bonds is 9. The van der Waals surface area contributed by atoms with Crippen molar-refractivity contribution in [3.63, 3.8) is 0 Å². The highest BCUT2D eigenvalue weighted by Crippen LogP contribution is 2.26. The molecule has 20 heavy (non-hydrogen) atoms. The molecular weight excluding hydrogens is 284 g/mol. The lowest BCUT2D eigenvalue weighted by Gasteiger charge is -2.24. The van der Waals surface area contributed by atoms with Gasteiger partial charge < -0.3 is 9.47 Å². The fourth-order valence-corrected chi connectivity index (χ4v) is 3.19. The van der Waals surface area contributed by atoms with Crippen LogP contribution in [0.2, 0.25) is 0 Å². The lowest BCUT2D eigenvalue weighted by atomic mass is 9.87. The lowest BCUT2D eigenvalue weighted by Crippen LogP contribution is -2.41. The van der Waals surface area contributed by atoms with E-state index in [1.807, 2.05) is 0 Å². The van der Waals surface area contributed by atoms with Crippen LogP contribution in [0.15, 0.2) is 0 Å². The van der Waals surface area contributed by atoms with Gasteiger partial charge in [-0.3, -0.25) is 9.59 Å². The number of hydrogen-bond donors (Lipinski definition) is 0. The monoisotopic (exact) mass is 308 g/mol. The Labute approximate surface area is 120 Å². The van der Waals surface area contributed by atoms with Crippen LogP contribution in [0, 0.1) is 5.41 Å². The molecule has 118 valence electrons. The Morgan fingerprint density at radius 1 is 0.950 bits per heavy atom. The number of esters is 2. The number of sulfone groups is 1. The minimum Gasteiger partial charge on any atom is -0.465 e. The van der Waals surface area contributed by atoms with Crippen LogP contribution in [-0.4, -0.2) is 45.1 Å². The zero-order valence-corrected chi connectivity index (χ0v) is 13.4. The van der Waals surface area contributed by atoms with Gasteiger partial charge in [-0.1, -0.05) is 6.92 Å². The van der Waals surface area contributed by atoms with Crippen molar-refractivity contribution in [2.24, 2.45) is 5.41 Å². The van der Waals surface area contributed by atoms with Gasteiger partial charge in [0.2, 0.25) is 0 Å². The molecule has 0 N–H and O–H groups in total. The summed E-state index contributed by atoms with van der Waals surface area (Å²) in [5.74, 6) is -1.70. The first-order valence-corrected chi connectivity index (χ1v) is 8.60. The average Bonchev–Trinajstić information content (AvgIpc) is 2.36. The van der Waals surface area contributed by atoms with Crippen molar-refractivity contribution in [2.45, 2.75) is 40.5 Å². The maximum atomic E-state index is 11.9. The second kappa shape index (κ2) is 8.24. The molecule has 0 saturated heterocycles. The molecule has 0 aromatic heterocycles. The second-order valence-electron chi connectivity index (χ2n) is 4.67. The second-order valence-corrected chi connectivity index (χ2v) is 6.98. The largest absolute Gasteiger partial charge is 0.465 e. The Hall–Kier alpha value is -1.11. The Bertz CT molecular complexity index is 408. The van der Waals surface area contributed by atoms with Crippen LogP contribution < -0.4 is 0 Å². The summed E-state index contributed by atoms with van der Waals surface area (Å²) in [6.07, 6.45) is 0.366. The molecule has 0 saturated carbocycles. The van der Waals surface area contributed by atoms with Crippen molar-refractivity contribution in [1.82, 2.24) is 0 Å². The highest BCUT2D eigenvalue weighted by Gasteiger charge is 2.44. The van der Waals surface area contributed by atoms with Crippen molar-refractivity contribution >= 4 is 21.8 Å². The number of hydrogen-bond acceptors (Lipinski definition) is 6. The van der Waals surface area contributed by atoms with Crippen molar-refractivity contribution in [1.29, 1.82) is 0 Å². The molecule has 0 spiro atoms. The van der Waals surface area contributed by atoms with E-state index in [0.717, 1.165) is 0 Å². The SMILES string of the molecule is CCCS(=O)(=O)CCC(C)(C(=O)OCC)C(=O)OCC. The van der Waals surface area contributed by atoms with Crippen molar-refractivity contribution in [3.8, 4) is 0 Å². The molecule has 0 heterocycles. The summed E-state index contributed by atoms with van der Waals surface area (Å²) >= 11 is 0. The molecule has 0 atom stereocenters. The van der Waals surface area contributed by atoms with Crippen molar-refractivity contribution in [2.75, 3.05) is 24.7 Å². The third-order valence-corrected chi connectivity index (χ3v) is 4.74. The Balaban J connectivity index is 5.05. The Kier molecular flexibility index (Phi) is 7.78. The summed E-state index contributed by atoms with van der Waals surface area (Å²) in [4.78, 5) is 23.9. The minimum absolute atomic E-state index is 0.0364. The molecule has 0 bridgehead atoms. The fourth-order valence-electron chi connectivity index (χ4n) is 1.64. The topological polar surface area (TPSA) is 86.7 Å². The van der Waals surface area contributed by atoms with E-state index < -0.39 is 27.2 Å². The smallest absolute Gasteiger partial charge is 0.323 e. The van der Waals surface area contributed by atoms with Crippen molar-refractivity contribution < 1.29 is 27.5 Å². The highest BCUT2D eigenvalue weighted by molar-refractivity contribution is 7.91. The third-order valence-electron chi connectivity index (χ3n) is 2.88. The quantitative estimate of drug-likeness (QED) is 0.472. The molecule has 0 aliphatic carbocycles. The molecular formula is C13H24O6S. The summed E-state index contributed by atoms with van der Waals surface area (Å²) < 4.78 is 33.2. The Morgan fingerprint density at radius 2 is 1.40 bits per heavy atom. The third kappa shape index (κ3) is 5.48. The lowest BCUT2D eigenvalue weighted by molar-refractivity contribution is -0.170. The van der Waals surface area contributed by atoms with Gasteiger partial charge in [-0.15, -0.1) is 0 Å². The van der Waals surface area contributed by atoms with E-state index in [0.29, 0.717) is 6.42 Å². The van der Waals surface area contributed by atoms with Gasteiger partial charge in [0, 0.05) is 5.75 Å². The van der Waals surface area contributed by atoms with E-state index in [1.54, 1.807) is 20.8 Å². The van der Waals surface area contributed by atoms with Crippen LogP contribution in [0.3, 0.4) is 0 Å². The zero-order valence-electron chi connectivity index (χ0n) is 12.6. The van der Waals surface area contributed by atoms with E-state index >= 15 is 0 Å². The molecule has 0 amide bonds. The van der Waals surface area contributed by atoms with Crippen LogP contribution in [0.1, 0.15) is 40.5 Å². The predicted molar refractivity (Wildman–Crippen MR) is 74.9 cm³/mol. The number of carbonyl (C=O) groups excluding carboxylic acids is 2. The van der Waals surface area contributed by atoms with Crippen LogP contribution in [0.25, 0.3) is 0 Å². The molecule has 0 aliphatic heterocycles. The number of carbonyl (C=O) groups is 2. The van der Waals surface area contributed by atoms with Crippen LogP contribution in [0.4, 0.5) is 0 Å². The standard InChI is InChI=1S/C13H24O6S/c1-5-9-20(16,17)10-8-13(4,11(14)18-6-2)12(15)19-7-3/h5-10H2,1-4H3. The summed E-state index contributed by atoms with van der Waals surface area (Å²) in [6, 6.07) is 0. The van der Waals surface area contributed by atoms with Crippen molar-refractivity contribution in [3.05, 3.63) is 0 Å². The molecule has 0 aliphatic rings. The van der Waals surface area contributed by atoms with Crippen LogP contribution >= 0.6 is 0 Å². The summed E-state index contributed by atoms with van der Waals surface area (Å²) in [5, 5.41) is 0. The van der Waals surface area contributed by atoms with Gasteiger partial charge in [0.1, 0.15) is 9.84 Å². The van der Waals surface area contributed by atoms with Gasteiger partial charge in [0.25, 0.3) is 0 Å². The van der Waals surface area contributed by atoms with Gasteiger partial charge in [0.05, 0.1) is 19.0 Å². The van der Waals surface area contributed by atoms with Gasteiger partial charge in [-0.2, -0.15) is 0 Å². The van der Waals surface area contributed by atoms with Crippen LogP contribution in [-0.2, 0) is 28.9 Å². The van der Waals surface area contributed by atoms with Gasteiger partial charge in [-0.05, 0) is 33.6 Å². The number of ether oxygens (including phenoxy) is 2. The molecule has 7 heteroatoms. The van der Waals surface area contributed by atoms with Gasteiger partial charge in [-0.25, -0.2) is 8.42 Å². The molecule has 0 unspecified atom stereocenters. The van der Waals surface area contributed by atoms with Gasteiger partial charge >= 0.3 is 11.9 Å². The predicted octanol–water partition coefficient (Wildman–Crippen LogP) is 1.33. The molecule has 0 fully saturated rings. The molecule has 0 aromatic carbocycles. The van der Waals surface area contributed by atoms with Crippen LogP contribution in [0.5, 0.6) is 0 Å². The first-order valence-electron chi connectivity index (χ1n) is 6.78. The van der Waals surface area contributed by atoms with E-state index in [1.165, 1.54) is 6.92 Å². The van der Waals surface area contributed by atoms with E-state index in [-0.39, 0.29) is 31.1 Å².